The standard InChI is InChI=1S/C11H9BrClNO2/c1-14-8-4-3-6(13)5-7(8)10(16-2)9(12)11(14)15/h3-5H,1-2H3. The lowest BCUT2D eigenvalue weighted by molar-refractivity contribution is 0.415. The molecule has 0 saturated heterocycles. The zero-order valence-corrected chi connectivity index (χ0v) is 11.1. The lowest BCUT2D eigenvalue weighted by atomic mass is 10.2. The molecule has 0 unspecified atom stereocenters. The third-order valence-electron chi connectivity index (χ3n) is 2.46. The summed E-state index contributed by atoms with van der Waals surface area (Å²) in [6, 6.07) is 5.32. The van der Waals surface area contributed by atoms with E-state index in [9.17, 15) is 4.79 Å². The number of aryl methyl sites for hydroxylation is 1. The van der Waals surface area contributed by atoms with E-state index in [2.05, 4.69) is 15.9 Å². The van der Waals surface area contributed by atoms with Gasteiger partial charge in [-0.1, -0.05) is 11.6 Å². The number of fused-ring (bicyclic) bond motifs is 1. The average Bonchev–Trinajstić information content (AvgIpc) is 2.27. The molecule has 2 aromatic rings. The third kappa shape index (κ3) is 1.62. The van der Waals surface area contributed by atoms with Crippen molar-refractivity contribution < 1.29 is 4.74 Å². The Morgan fingerprint density at radius 3 is 2.75 bits per heavy atom. The van der Waals surface area contributed by atoms with Crippen LogP contribution < -0.4 is 10.3 Å². The molecule has 3 nitrogen and oxygen atoms in total. The number of hydrogen-bond donors (Lipinski definition) is 0. The number of aromatic nitrogens is 1. The van der Waals surface area contributed by atoms with Crippen molar-refractivity contribution in [2.75, 3.05) is 7.11 Å². The van der Waals surface area contributed by atoms with Gasteiger partial charge in [0.2, 0.25) is 0 Å². The van der Waals surface area contributed by atoms with Crippen molar-refractivity contribution in [2.24, 2.45) is 7.05 Å². The normalized spacial score (nSPS) is 10.8. The van der Waals surface area contributed by atoms with Gasteiger partial charge < -0.3 is 9.30 Å². The van der Waals surface area contributed by atoms with Crippen LogP contribution in [0.4, 0.5) is 0 Å². The molecule has 1 heterocycles. The van der Waals surface area contributed by atoms with Crippen molar-refractivity contribution in [1.82, 2.24) is 4.57 Å². The zero-order valence-electron chi connectivity index (χ0n) is 8.75. The predicted molar refractivity (Wildman–Crippen MR) is 68.5 cm³/mol. The first-order chi connectivity index (χ1) is 7.56. The maximum absolute atomic E-state index is 11.9. The molecule has 0 amide bonds. The molecule has 0 bridgehead atoms. The Labute approximate surface area is 106 Å². The highest BCUT2D eigenvalue weighted by Gasteiger charge is 2.13. The van der Waals surface area contributed by atoms with Crippen molar-refractivity contribution >= 4 is 38.4 Å². The van der Waals surface area contributed by atoms with Gasteiger partial charge in [0.25, 0.3) is 5.56 Å². The molecule has 0 spiro atoms. The van der Waals surface area contributed by atoms with Gasteiger partial charge in [-0.15, -0.1) is 0 Å². The van der Waals surface area contributed by atoms with Crippen LogP contribution in [0.25, 0.3) is 10.9 Å². The molecule has 2 rings (SSSR count). The Balaban J connectivity index is 3.04. The minimum atomic E-state index is -0.133. The summed E-state index contributed by atoms with van der Waals surface area (Å²) in [5.74, 6) is 0.514. The summed E-state index contributed by atoms with van der Waals surface area (Å²) in [6.45, 7) is 0. The maximum atomic E-state index is 11.9. The smallest absolute Gasteiger partial charge is 0.268 e. The number of nitrogens with zero attached hydrogens (tertiary/aromatic N) is 1. The minimum absolute atomic E-state index is 0.133. The molecule has 5 heteroatoms. The highest BCUT2D eigenvalue weighted by molar-refractivity contribution is 9.10. The van der Waals surface area contributed by atoms with Crippen LogP contribution in [0.3, 0.4) is 0 Å². The van der Waals surface area contributed by atoms with E-state index in [-0.39, 0.29) is 5.56 Å². The quantitative estimate of drug-likeness (QED) is 0.811. The van der Waals surface area contributed by atoms with E-state index in [4.69, 9.17) is 16.3 Å². The average molecular weight is 303 g/mol. The number of halogens is 2. The second kappa shape index (κ2) is 4.11. The molecule has 0 N–H and O–H groups in total. The van der Waals surface area contributed by atoms with Gasteiger partial charge in [-0.2, -0.15) is 0 Å². The third-order valence-corrected chi connectivity index (χ3v) is 3.39. The first kappa shape index (κ1) is 11.5. The van der Waals surface area contributed by atoms with E-state index in [0.29, 0.717) is 15.2 Å². The first-order valence-corrected chi connectivity index (χ1v) is 5.75. The first-order valence-electron chi connectivity index (χ1n) is 4.58. The van der Waals surface area contributed by atoms with Crippen LogP contribution in [0.5, 0.6) is 5.75 Å². The minimum Gasteiger partial charge on any atom is -0.495 e. The molecular formula is C11H9BrClNO2. The molecule has 0 aliphatic carbocycles. The Morgan fingerprint density at radius 1 is 1.44 bits per heavy atom. The van der Waals surface area contributed by atoms with Crippen LogP contribution in [0.15, 0.2) is 27.5 Å². The zero-order chi connectivity index (χ0) is 11.9. The van der Waals surface area contributed by atoms with Gasteiger partial charge in [0.05, 0.1) is 12.6 Å². The van der Waals surface area contributed by atoms with Gasteiger partial charge in [0, 0.05) is 17.5 Å². The summed E-state index contributed by atoms with van der Waals surface area (Å²) in [5, 5.41) is 1.42. The lowest BCUT2D eigenvalue weighted by Crippen LogP contribution is -2.18. The second-order valence-corrected chi connectivity index (χ2v) is 4.60. The van der Waals surface area contributed by atoms with E-state index in [0.717, 1.165) is 10.9 Å². The number of benzene rings is 1. The van der Waals surface area contributed by atoms with Crippen molar-refractivity contribution in [3.63, 3.8) is 0 Å². The van der Waals surface area contributed by atoms with Gasteiger partial charge in [0.15, 0.2) is 0 Å². The number of pyridine rings is 1. The summed E-state index contributed by atoms with van der Waals surface area (Å²) in [7, 11) is 3.24. The van der Waals surface area contributed by atoms with E-state index < -0.39 is 0 Å². The van der Waals surface area contributed by atoms with Crippen molar-refractivity contribution in [3.8, 4) is 5.75 Å². The van der Waals surface area contributed by atoms with Gasteiger partial charge in [-0.05, 0) is 34.1 Å². The fourth-order valence-corrected chi connectivity index (χ4v) is 2.47. The molecule has 1 aromatic heterocycles. The van der Waals surface area contributed by atoms with Crippen LogP contribution >= 0.6 is 27.5 Å². The van der Waals surface area contributed by atoms with E-state index in [1.165, 1.54) is 7.11 Å². The van der Waals surface area contributed by atoms with E-state index >= 15 is 0 Å². The Morgan fingerprint density at radius 2 is 2.12 bits per heavy atom. The van der Waals surface area contributed by atoms with Crippen LogP contribution in [-0.4, -0.2) is 11.7 Å². The molecule has 0 atom stereocenters. The summed E-state index contributed by atoms with van der Waals surface area (Å²) >= 11 is 9.17. The molecule has 84 valence electrons. The molecule has 0 radical (unpaired) electrons. The van der Waals surface area contributed by atoms with Gasteiger partial charge in [-0.3, -0.25) is 4.79 Å². The van der Waals surface area contributed by atoms with Crippen LogP contribution in [-0.2, 0) is 7.05 Å². The van der Waals surface area contributed by atoms with E-state index in [1.807, 2.05) is 0 Å². The number of ether oxygens (including phenoxy) is 1. The fraction of sp³-hybridized carbons (Fsp3) is 0.182. The summed E-state index contributed by atoms with van der Waals surface area (Å²) in [6.07, 6.45) is 0. The van der Waals surface area contributed by atoms with Crippen molar-refractivity contribution in [1.29, 1.82) is 0 Å². The maximum Gasteiger partial charge on any atom is 0.268 e. The highest BCUT2D eigenvalue weighted by Crippen LogP contribution is 2.31. The molecule has 0 aliphatic heterocycles. The summed E-state index contributed by atoms with van der Waals surface area (Å²) < 4.78 is 7.19. The van der Waals surface area contributed by atoms with Crippen LogP contribution in [0.2, 0.25) is 5.02 Å². The van der Waals surface area contributed by atoms with Gasteiger partial charge in [0.1, 0.15) is 10.2 Å². The summed E-state index contributed by atoms with van der Waals surface area (Å²) in [5.41, 5.74) is 0.654. The molecular weight excluding hydrogens is 293 g/mol. The predicted octanol–water partition coefficient (Wildman–Crippen LogP) is 2.96. The van der Waals surface area contributed by atoms with E-state index in [1.54, 1.807) is 29.8 Å². The highest BCUT2D eigenvalue weighted by atomic mass is 79.9. The Hall–Kier alpha value is -1.00. The van der Waals surface area contributed by atoms with Gasteiger partial charge in [-0.25, -0.2) is 0 Å². The van der Waals surface area contributed by atoms with Crippen molar-refractivity contribution in [2.45, 2.75) is 0 Å². The summed E-state index contributed by atoms with van der Waals surface area (Å²) in [4.78, 5) is 11.9. The largest absolute Gasteiger partial charge is 0.495 e. The van der Waals surface area contributed by atoms with Gasteiger partial charge >= 0.3 is 0 Å². The molecule has 0 fully saturated rings. The fourth-order valence-electron chi connectivity index (χ4n) is 1.65. The Bertz CT molecular complexity index is 621. The monoisotopic (exact) mass is 301 g/mol. The SMILES string of the molecule is COc1c(Br)c(=O)n(C)c2ccc(Cl)cc12. The number of methoxy groups -OCH3 is 1. The number of rotatable bonds is 1. The van der Waals surface area contributed by atoms with Crippen LogP contribution in [0, 0.1) is 0 Å². The van der Waals surface area contributed by atoms with Crippen molar-refractivity contribution in [3.05, 3.63) is 38.0 Å². The lowest BCUT2D eigenvalue weighted by Gasteiger charge is -2.11. The molecule has 0 saturated carbocycles. The van der Waals surface area contributed by atoms with Crippen LogP contribution in [0.1, 0.15) is 0 Å². The second-order valence-electron chi connectivity index (χ2n) is 3.37. The molecule has 16 heavy (non-hydrogen) atoms. The molecule has 1 aromatic carbocycles. The topological polar surface area (TPSA) is 31.2 Å². The molecule has 0 aliphatic rings. The Kier molecular flexibility index (Phi) is 2.95. The number of hydrogen-bond acceptors (Lipinski definition) is 2.